The maximum Gasteiger partial charge on any atom is 0.315 e. The van der Waals surface area contributed by atoms with Crippen LogP contribution in [0.25, 0.3) is 0 Å². The normalized spacial score (nSPS) is 17.6. The zero-order valence-corrected chi connectivity index (χ0v) is 19.9. The van der Waals surface area contributed by atoms with Crippen molar-refractivity contribution in [3.05, 3.63) is 22.6 Å². The van der Waals surface area contributed by atoms with Crippen molar-refractivity contribution in [2.24, 2.45) is 5.50 Å². The molecule has 0 saturated carbocycles. The number of pyridine rings is 1. The Balaban J connectivity index is 3.33. The number of hydrogen-bond acceptors (Lipinski definition) is 5. The molecule has 9 nitrogen and oxygen atoms in total. The van der Waals surface area contributed by atoms with Crippen molar-refractivity contribution in [3.63, 3.8) is 0 Å². The number of nitrogens with two attached hydrogens (primary N) is 1. The summed E-state index contributed by atoms with van der Waals surface area (Å²) < 4.78 is 32.9. The fraction of sp³-hybridized carbons (Fsp3) is 0.706. The molecule has 0 aromatic carbocycles. The number of nitrogens with one attached hydrogen (secondary N) is 2. The average Bonchev–Trinajstić information content (AvgIpc) is 2.46. The van der Waals surface area contributed by atoms with Gasteiger partial charge in [0.15, 0.2) is 0 Å². The van der Waals surface area contributed by atoms with Crippen LogP contribution in [0.1, 0.15) is 62.3 Å². The Hall–Kier alpha value is -1.11. The van der Waals surface area contributed by atoms with Gasteiger partial charge in [0, 0.05) is 16.9 Å². The third-order valence-corrected chi connectivity index (χ3v) is 9.39. The van der Waals surface area contributed by atoms with Crippen LogP contribution in [0.15, 0.2) is 17.1 Å². The second-order valence-electron chi connectivity index (χ2n) is 9.77. The van der Waals surface area contributed by atoms with E-state index in [0.29, 0.717) is 0 Å². The fourth-order valence-electron chi connectivity index (χ4n) is 1.88. The predicted octanol–water partition coefficient (Wildman–Crippen LogP) is 4.18. The first-order valence-electron chi connectivity index (χ1n) is 8.91. The monoisotopic (exact) mass is 436 g/mol. The summed E-state index contributed by atoms with van der Waals surface area (Å²) in [4.78, 5) is 12.5. The van der Waals surface area contributed by atoms with Gasteiger partial charge < -0.3 is 14.8 Å². The van der Waals surface area contributed by atoms with Crippen LogP contribution in [-0.4, -0.2) is 20.0 Å². The van der Waals surface area contributed by atoms with E-state index in [-0.39, 0.29) is 5.69 Å². The highest BCUT2D eigenvalue weighted by molar-refractivity contribution is 7.64. The molecule has 0 spiro atoms. The Labute approximate surface area is 167 Å². The van der Waals surface area contributed by atoms with Crippen molar-refractivity contribution in [1.82, 2.24) is 9.82 Å². The molecule has 0 bridgehead atoms. The van der Waals surface area contributed by atoms with Crippen molar-refractivity contribution < 1.29 is 18.9 Å². The fourth-order valence-corrected chi connectivity index (χ4v) is 4.26. The number of rotatable bonds is 5. The third kappa shape index (κ3) is 5.28. The van der Waals surface area contributed by atoms with E-state index >= 15 is 0 Å². The van der Waals surface area contributed by atoms with Gasteiger partial charge >= 0.3 is 7.52 Å². The molecule has 1 rings (SSSR count). The average molecular weight is 436 g/mol. The Bertz CT molecular complexity index is 875. The summed E-state index contributed by atoms with van der Waals surface area (Å²) >= 11 is 0. The third-order valence-electron chi connectivity index (χ3n) is 4.24. The summed E-state index contributed by atoms with van der Waals surface area (Å²) in [5.74, 6) is -0.586. The predicted molar refractivity (Wildman–Crippen MR) is 114 cm³/mol. The Kier molecular flexibility index (Phi) is 6.78. The van der Waals surface area contributed by atoms with Crippen LogP contribution < -0.4 is 21.4 Å². The van der Waals surface area contributed by atoms with Gasteiger partial charge in [-0.1, -0.05) is 20.8 Å². The summed E-state index contributed by atoms with van der Waals surface area (Å²) in [6, 6.07) is 1.44. The highest BCUT2D eigenvalue weighted by Gasteiger charge is 2.43. The minimum atomic E-state index is -3.82. The highest BCUT2D eigenvalue weighted by atomic mass is 31.2. The minimum absolute atomic E-state index is 0.0480. The summed E-state index contributed by atoms with van der Waals surface area (Å²) in [5, 5.41) is 13.5. The maximum atomic E-state index is 13.5. The molecule has 11 heteroatoms. The number of aromatic hydroxyl groups is 1. The molecule has 0 aliphatic rings. The molecule has 0 saturated heterocycles. The quantitative estimate of drug-likeness (QED) is 0.399. The molecule has 0 amide bonds. The van der Waals surface area contributed by atoms with Gasteiger partial charge in [-0.25, -0.2) is 4.62 Å². The van der Waals surface area contributed by atoms with Crippen molar-refractivity contribution >= 4 is 20.7 Å². The Morgan fingerprint density at radius 1 is 1.04 bits per heavy atom. The summed E-state index contributed by atoms with van der Waals surface area (Å²) in [6.07, 6.45) is 1.49. The molecule has 162 valence electrons. The van der Waals surface area contributed by atoms with Crippen molar-refractivity contribution in [1.29, 1.82) is 0 Å². The van der Waals surface area contributed by atoms with Crippen LogP contribution in [0.4, 0.5) is 5.69 Å². The Morgan fingerprint density at radius 2 is 1.54 bits per heavy atom. The molecular formula is C17H34N4O5P2. The van der Waals surface area contributed by atoms with E-state index in [2.05, 4.69) is 10.3 Å². The van der Waals surface area contributed by atoms with Gasteiger partial charge in [0.25, 0.3) is 5.56 Å². The molecule has 1 aromatic heterocycles. The summed E-state index contributed by atoms with van der Waals surface area (Å²) in [7, 11) is -7.33. The van der Waals surface area contributed by atoms with Gasteiger partial charge in [-0.05, 0) is 47.6 Å². The van der Waals surface area contributed by atoms with Gasteiger partial charge in [-0.3, -0.25) is 19.4 Å². The lowest BCUT2D eigenvalue weighted by molar-refractivity contribution is 0.253. The minimum Gasteiger partial charge on any atom is -0.502 e. The molecule has 0 radical (unpaired) electrons. The second-order valence-corrected chi connectivity index (χ2v) is 15.5. The first kappa shape index (κ1) is 24.9. The van der Waals surface area contributed by atoms with Crippen molar-refractivity contribution in [2.45, 2.75) is 78.2 Å². The topological polar surface area (TPSA) is 136 Å². The highest BCUT2D eigenvalue weighted by Crippen LogP contribution is 2.60. The van der Waals surface area contributed by atoms with E-state index in [1.165, 1.54) is 16.8 Å². The molecule has 2 atom stereocenters. The van der Waals surface area contributed by atoms with Crippen LogP contribution in [0, 0.1) is 0 Å². The molecule has 5 N–H and O–H groups in total. The molecule has 1 aromatic rings. The van der Waals surface area contributed by atoms with Gasteiger partial charge in [-0.15, -0.1) is 5.25 Å². The lowest BCUT2D eigenvalue weighted by atomic mass is 10.1. The lowest BCUT2D eigenvalue weighted by Crippen LogP contribution is -2.34. The van der Waals surface area contributed by atoms with E-state index in [4.69, 9.17) is 10.1 Å². The molecule has 28 heavy (non-hydrogen) atoms. The van der Waals surface area contributed by atoms with Crippen LogP contribution in [0.3, 0.4) is 0 Å². The smallest absolute Gasteiger partial charge is 0.315 e. The van der Waals surface area contributed by atoms with Gasteiger partial charge in [0.05, 0.1) is 10.8 Å². The van der Waals surface area contributed by atoms with Crippen LogP contribution in [-0.2, 0) is 19.3 Å². The molecule has 0 aliphatic carbocycles. The van der Waals surface area contributed by atoms with E-state index in [1.807, 2.05) is 20.8 Å². The van der Waals surface area contributed by atoms with Crippen LogP contribution in [0.5, 0.6) is 5.75 Å². The largest absolute Gasteiger partial charge is 0.502 e. The van der Waals surface area contributed by atoms with Crippen molar-refractivity contribution in [2.75, 3.05) is 5.09 Å². The number of aromatic nitrogens is 1. The van der Waals surface area contributed by atoms with Crippen molar-refractivity contribution in [3.8, 4) is 5.75 Å². The number of hydrogen-bond donors (Lipinski definition) is 4. The number of nitrogens with zero attached hydrogens (tertiary/aromatic N) is 1. The summed E-state index contributed by atoms with van der Waals surface area (Å²) in [5.41, 5.74) is 4.60. The first-order valence-corrected chi connectivity index (χ1v) is 12.3. The summed E-state index contributed by atoms with van der Waals surface area (Å²) in [6.45, 7) is 15.4. The second kappa shape index (κ2) is 7.62. The Morgan fingerprint density at radius 3 is 1.93 bits per heavy atom. The maximum absolute atomic E-state index is 13.5. The van der Waals surface area contributed by atoms with E-state index in [0.717, 1.165) is 0 Å². The van der Waals surface area contributed by atoms with Gasteiger partial charge in [-0.2, -0.15) is 0 Å². The lowest BCUT2D eigenvalue weighted by Gasteiger charge is -2.34. The van der Waals surface area contributed by atoms with Crippen LogP contribution in [0.2, 0.25) is 0 Å². The molecule has 0 aliphatic heterocycles. The van der Waals surface area contributed by atoms with Gasteiger partial charge in [0.1, 0.15) is 0 Å². The van der Waals surface area contributed by atoms with Crippen LogP contribution >= 0.6 is 15.0 Å². The zero-order valence-electron chi connectivity index (χ0n) is 18.2. The first-order chi connectivity index (χ1) is 12.2. The molecule has 1 heterocycles. The van der Waals surface area contributed by atoms with E-state index in [9.17, 15) is 19.0 Å². The van der Waals surface area contributed by atoms with E-state index < -0.39 is 42.1 Å². The molecular weight excluding hydrogens is 402 g/mol. The molecule has 0 fully saturated rings. The zero-order chi connectivity index (χ0) is 22.3. The SMILES string of the molecule is CC(C)(C)n1ccc(NP(=O)(ONP(N)(=O)C(C)(C)C)C(C)(C)C)c(O)c1=O. The van der Waals surface area contributed by atoms with Gasteiger partial charge in [0.2, 0.25) is 13.2 Å². The standard InChI is InChI=1S/C17H34N4O5P2/c1-15(2,3)21-11-10-12(13(22)14(21)23)19-28(25,17(7,8)9)26-20-27(18,24)16(4,5)6/h10-11,22H,1-9H3,(H,19,25)(H3,18,20,24). The molecule has 2 unspecified atom stereocenters. The number of anilines is 1. The van der Waals surface area contributed by atoms with E-state index in [1.54, 1.807) is 41.5 Å².